The molecule has 0 atom stereocenters. The second-order valence-corrected chi connectivity index (χ2v) is 3.04. The van der Waals surface area contributed by atoms with Gasteiger partial charge in [0.05, 0.1) is 6.54 Å². The van der Waals surface area contributed by atoms with Crippen LogP contribution < -0.4 is 5.32 Å². The first-order chi connectivity index (χ1) is 6.48. The van der Waals surface area contributed by atoms with Crippen LogP contribution in [0.2, 0.25) is 0 Å². The Morgan fingerprint density at radius 2 is 2.00 bits per heavy atom. The maximum Gasteiger partial charge on any atom is 0.303 e. The SMILES string of the molecule is O=C(O)CCCCNCC(F)(F)CO. The molecule has 0 saturated heterocycles. The molecule has 0 aliphatic carbocycles. The van der Waals surface area contributed by atoms with Gasteiger partial charge in [-0.3, -0.25) is 4.79 Å². The lowest BCUT2D eigenvalue weighted by Gasteiger charge is -2.13. The van der Waals surface area contributed by atoms with E-state index in [1.165, 1.54) is 0 Å². The third kappa shape index (κ3) is 7.88. The number of carbonyl (C=O) groups is 1. The van der Waals surface area contributed by atoms with E-state index in [2.05, 4.69) is 5.32 Å². The second kappa shape index (κ2) is 6.67. The number of alkyl halides is 2. The van der Waals surface area contributed by atoms with Crippen LogP contribution in [0.15, 0.2) is 0 Å². The average molecular weight is 211 g/mol. The van der Waals surface area contributed by atoms with Crippen LogP contribution >= 0.6 is 0 Å². The molecule has 0 aromatic rings. The number of aliphatic carboxylic acids is 1. The van der Waals surface area contributed by atoms with Crippen molar-refractivity contribution >= 4 is 5.97 Å². The number of halogens is 2. The van der Waals surface area contributed by atoms with E-state index < -0.39 is 25.0 Å². The third-order valence-electron chi connectivity index (χ3n) is 1.61. The van der Waals surface area contributed by atoms with Crippen LogP contribution in [0.5, 0.6) is 0 Å². The number of aliphatic hydroxyl groups is 1. The number of unbranched alkanes of at least 4 members (excludes halogenated alkanes) is 1. The van der Waals surface area contributed by atoms with Gasteiger partial charge in [0.1, 0.15) is 6.61 Å². The summed E-state index contributed by atoms with van der Waals surface area (Å²) in [5.74, 6) is -3.97. The summed E-state index contributed by atoms with van der Waals surface area (Å²) in [5.41, 5.74) is 0. The number of carboxylic acid groups (broad SMARTS) is 1. The molecule has 0 aromatic heterocycles. The van der Waals surface area contributed by atoms with Crippen molar-refractivity contribution < 1.29 is 23.8 Å². The molecular weight excluding hydrogens is 196 g/mol. The zero-order chi connectivity index (χ0) is 11.0. The summed E-state index contributed by atoms with van der Waals surface area (Å²) in [6.07, 6.45) is 1.05. The van der Waals surface area contributed by atoms with Gasteiger partial charge >= 0.3 is 5.97 Å². The molecule has 0 unspecified atom stereocenters. The Morgan fingerprint density at radius 1 is 1.36 bits per heavy atom. The molecule has 0 heterocycles. The van der Waals surface area contributed by atoms with E-state index in [4.69, 9.17) is 10.2 Å². The van der Waals surface area contributed by atoms with Crippen molar-refractivity contribution in [3.8, 4) is 0 Å². The number of rotatable bonds is 8. The maximum atomic E-state index is 12.4. The highest BCUT2D eigenvalue weighted by Crippen LogP contribution is 2.09. The normalized spacial score (nSPS) is 11.6. The van der Waals surface area contributed by atoms with E-state index in [0.717, 1.165) is 0 Å². The lowest BCUT2D eigenvalue weighted by atomic mass is 10.2. The van der Waals surface area contributed by atoms with Gasteiger partial charge in [-0.15, -0.1) is 0 Å². The fourth-order valence-electron chi connectivity index (χ4n) is 0.853. The number of hydrogen-bond donors (Lipinski definition) is 3. The molecule has 0 rings (SSSR count). The molecular formula is C8H15F2NO3. The van der Waals surface area contributed by atoms with Crippen LogP contribution in [0.1, 0.15) is 19.3 Å². The third-order valence-corrected chi connectivity index (χ3v) is 1.61. The van der Waals surface area contributed by atoms with E-state index in [1.807, 2.05) is 0 Å². The standard InChI is InChI=1S/C8H15F2NO3/c9-8(10,6-12)5-11-4-2-1-3-7(13)14/h11-12H,1-6H2,(H,13,14). The predicted molar refractivity (Wildman–Crippen MR) is 46.4 cm³/mol. The predicted octanol–water partition coefficient (Wildman–Crippen LogP) is 0.458. The first kappa shape index (κ1) is 13.2. The van der Waals surface area contributed by atoms with Gasteiger partial charge in [-0.05, 0) is 19.4 Å². The molecule has 0 radical (unpaired) electrons. The molecule has 84 valence electrons. The van der Waals surface area contributed by atoms with Crippen molar-refractivity contribution in [1.29, 1.82) is 0 Å². The monoisotopic (exact) mass is 211 g/mol. The first-order valence-corrected chi connectivity index (χ1v) is 4.39. The molecule has 0 aliphatic heterocycles. The molecule has 0 amide bonds. The zero-order valence-electron chi connectivity index (χ0n) is 7.80. The van der Waals surface area contributed by atoms with Gasteiger partial charge in [-0.25, -0.2) is 8.78 Å². The highest BCUT2D eigenvalue weighted by atomic mass is 19.3. The highest BCUT2D eigenvalue weighted by Gasteiger charge is 2.26. The van der Waals surface area contributed by atoms with Crippen molar-refractivity contribution in [2.45, 2.75) is 25.2 Å². The lowest BCUT2D eigenvalue weighted by Crippen LogP contribution is -2.36. The van der Waals surface area contributed by atoms with E-state index in [9.17, 15) is 13.6 Å². The van der Waals surface area contributed by atoms with E-state index in [1.54, 1.807) is 0 Å². The summed E-state index contributed by atoms with van der Waals surface area (Å²) in [6.45, 7) is -1.41. The fraction of sp³-hybridized carbons (Fsp3) is 0.875. The van der Waals surface area contributed by atoms with Crippen molar-refractivity contribution in [3.63, 3.8) is 0 Å². The maximum absolute atomic E-state index is 12.4. The van der Waals surface area contributed by atoms with Crippen LogP contribution in [-0.2, 0) is 4.79 Å². The van der Waals surface area contributed by atoms with Crippen LogP contribution in [-0.4, -0.2) is 41.8 Å². The fourth-order valence-corrected chi connectivity index (χ4v) is 0.853. The summed E-state index contributed by atoms with van der Waals surface area (Å²) in [4.78, 5) is 10.1. The molecule has 0 saturated carbocycles. The quantitative estimate of drug-likeness (QED) is 0.510. The van der Waals surface area contributed by atoms with Crippen molar-refractivity contribution in [3.05, 3.63) is 0 Å². The van der Waals surface area contributed by atoms with Crippen molar-refractivity contribution in [2.75, 3.05) is 19.7 Å². The van der Waals surface area contributed by atoms with Gasteiger partial charge in [-0.2, -0.15) is 0 Å². The Morgan fingerprint density at radius 3 is 2.50 bits per heavy atom. The molecule has 6 heteroatoms. The Kier molecular flexibility index (Phi) is 6.31. The number of hydrogen-bond acceptors (Lipinski definition) is 3. The van der Waals surface area contributed by atoms with Gasteiger partial charge < -0.3 is 15.5 Å². The Labute approximate surface area is 80.9 Å². The van der Waals surface area contributed by atoms with Crippen LogP contribution in [0, 0.1) is 0 Å². The second-order valence-electron chi connectivity index (χ2n) is 3.04. The van der Waals surface area contributed by atoms with Gasteiger partial charge in [0, 0.05) is 6.42 Å². The largest absolute Gasteiger partial charge is 0.481 e. The summed E-state index contributed by atoms with van der Waals surface area (Å²) in [5, 5.41) is 18.9. The number of carboxylic acids is 1. The summed E-state index contributed by atoms with van der Waals surface area (Å²) in [6, 6.07) is 0. The minimum Gasteiger partial charge on any atom is -0.481 e. The summed E-state index contributed by atoms with van der Waals surface area (Å²) >= 11 is 0. The van der Waals surface area contributed by atoms with E-state index in [0.29, 0.717) is 19.4 Å². The number of nitrogens with one attached hydrogen (secondary N) is 1. The minimum absolute atomic E-state index is 0.0536. The molecule has 0 spiro atoms. The van der Waals surface area contributed by atoms with Gasteiger partial charge in [0.2, 0.25) is 0 Å². The molecule has 4 nitrogen and oxygen atoms in total. The molecule has 0 aromatic carbocycles. The lowest BCUT2D eigenvalue weighted by molar-refractivity contribution is -0.137. The smallest absolute Gasteiger partial charge is 0.303 e. The first-order valence-electron chi connectivity index (χ1n) is 4.39. The summed E-state index contributed by atoms with van der Waals surface area (Å²) in [7, 11) is 0. The van der Waals surface area contributed by atoms with E-state index in [-0.39, 0.29) is 6.42 Å². The molecule has 0 bridgehead atoms. The van der Waals surface area contributed by atoms with Crippen LogP contribution in [0.25, 0.3) is 0 Å². The van der Waals surface area contributed by atoms with Crippen LogP contribution in [0.4, 0.5) is 8.78 Å². The summed E-state index contributed by atoms with van der Waals surface area (Å²) < 4.78 is 24.8. The average Bonchev–Trinajstić information content (AvgIpc) is 2.10. The van der Waals surface area contributed by atoms with Gasteiger partial charge in [-0.1, -0.05) is 0 Å². The minimum atomic E-state index is -3.09. The molecule has 3 N–H and O–H groups in total. The Balaban J connectivity index is 3.25. The van der Waals surface area contributed by atoms with Crippen molar-refractivity contribution in [2.24, 2.45) is 0 Å². The Hall–Kier alpha value is -0.750. The topological polar surface area (TPSA) is 69.6 Å². The van der Waals surface area contributed by atoms with Gasteiger partial charge in [0.25, 0.3) is 5.92 Å². The number of aliphatic hydroxyl groups excluding tert-OH is 1. The molecule has 14 heavy (non-hydrogen) atoms. The van der Waals surface area contributed by atoms with Crippen molar-refractivity contribution in [1.82, 2.24) is 5.32 Å². The Bertz CT molecular complexity index is 176. The highest BCUT2D eigenvalue weighted by molar-refractivity contribution is 5.66. The molecule has 0 fully saturated rings. The zero-order valence-corrected chi connectivity index (χ0v) is 7.80. The van der Waals surface area contributed by atoms with Crippen LogP contribution in [0.3, 0.4) is 0 Å². The van der Waals surface area contributed by atoms with E-state index >= 15 is 0 Å². The van der Waals surface area contributed by atoms with Gasteiger partial charge in [0.15, 0.2) is 0 Å². The molecule has 0 aliphatic rings.